The maximum absolute atomic E-state index is 15.9. The van der Waals surface area contributed by atoms with Crippen molar-refractivity contribution >= 4 is 35.0 Å². The number of hydrogen-bond acceptors (Lipinski definition) is 9. The van der Waals surface area contributed by atoms with Gasteiger partial charge in [0.15, 0.2) is 0 Å². The van der Waals surface area contributed by atoms with Crippen molar-refractivity contribution in [3.8, 4) is 33.8 Å². The molecular weight excluding hydrogens is 832 g/mol. The van der Waals surface area contributed by atoms with Crippen LogP contribution in [0.1, 0.15) is 73.5 Å². The molecule has 8 rings (SSSR count). The van der Waals surface area contributed by atoms with Gasteiger partial charge in [-0.25, -0.2) is 23.9 Å². The molecule has 4 amide bonds. The third kappa shape index (κ3) is 9.76. The van der Waals surface area contributed by atoms with Crippen LogP contribution < -0.4 is 10.6 Å². The van der Waals surface area contributed by atoms with Gasteiger partial charge in [-0.05, 0) is 66.8 Å². The molecule has 0 bridgehead atoms. The molecule has 65 heavy (non-hydrogen) atoms. The molecule has 16 heteroatoms. The van der Waals surface area contributed by atoms with E-state index in [-0.39, 0.29) is 30.0 Å². The number of methoxy groups -OCH3 is 2. The van der Waals surface area contributed by atoms with Crippen LogP contribution in [0.4, 0.5) is 14.0 Å². The average Bonchev–Trinajstić information content (AvgIpc) is 4.18. The van der Waals surface area contributed by atoms with Crippen molar-refractivity contribution in [1.82, 2.24) is 40.4 Å². The van der Waals surface area contributed by atoms with E-state index in [4.69, 9.17) is 13.9 Å². The van der Waals surface area contributed by atoms with E-state index in [9.17, 15) is 19.2 Å². The standard InChI is InChI=1S/C49H49FN8O7/c1-4-5-22-57(46(59)43(55-48(61)63-2)30-13-8-6-9-14-30)29-42-51-27-37(53-42)33-18-20-35(36(50)25-33)41-26-34-24-32(19-21-40(34)65-41)38-28-52-45(54-38)39-17-12-23-58(39)47(60)44(56-49(62)64-3)31-15-10-7-11-16-31/h6-11,13-16,18-21,24-28,39,43-44H,4-5,12,17,22-23,29H2,1-3H3,(H,51,53)(H,52,54)(H,55,61)(H,56,62)/t39-,43+,44?/m0/s1. The second-order valence-electron chi connectivity index (χ2n) is 15.7. The van der Waals surface area contributed by atoms with E-state index in [1.807, 2.05) is 49.4 Å². The van der Waals surface area contributed by atoms with Crippen LogP contribution in [0.5, 0.6) is 0 Å². The highest BCUT2D eigenvalue weighted by Gasteiger charge is 2.37. The number of alkyl carbamates (subject to hydrolysis) is 2. The lowest BCUT2D eigenvalue weighted by molar-refractivity contribution is -0.135. The van der Waals surface area contributed by atoms with E-state index in [0.717, 1.165) is 35.9 Å². The molecule has 7 aromatic rings. The number of furan rings is 1. The van der Waals surface area contributed by atoms with E-state index in [1.165, 1.54) is 20.3 Å². The van der Waals surface area contributed by atoms with Gasteiger partial charge in [0.25, 0.3) is 5.91 Å². The molecular formula is C49H49FN8O7. The van der Waals surface area contributed by atoms with Crippen molar-refractivity contribution in [2.24, 2.45) is 0 Å². The Bertz CT molecular complexity index is 2790. The Morgan fingerprint density at radius 3 is 2.17 bits per heavy atom. The molecule has 0 spiro atoms. The molecule has 1 aliphatic heterocycles. The summed E-state index contributed by atoms with van der Waals surface area (Å²) in [5.41, 5.74) is 4.78. The summed E-state index contributed by atoms with van der Waals surface area (Å²) >= 11 is 0. The third-order valence-electron chi connectivity index (χ3n) is 11.5. The van der Waals surface area contributed by atoms with Crippen molar-refractivity contribution in [1.29, 1.82) is 0 Å². The second-order valence-corrected chi connectivity index (χ2v) is 15.7. The largest absolute Gasteiger partial charge is 0.456 e. The number of benzene rings is 4. The molecule has 15 nitrogen and oxygen atoms in total. The van der Waals surface area contributed by atoms with Gasteiger partial charge in [-0.2, -0.15) is 0 Å². The minimum atomic E-state index is -0.967. The van der Waals surface area contributed by atoms with Crippen LogP contribution in [0, 0.1) is 5.82 Å². The molecule has 334 valence electrons. The highest BCUT2D eigenvalue weighted by atomic mass is 19.1. The number of amides is 4. The van der Waals surface area contributed by atoms with Gasteiger partial charge in [0.1, 0.15) is 40.9 Å². The molecule has 4 N–H and O–H groups in total. The number of nitrogens with one attached hydrogen (secondary N) is 4. The van der Waals surface area contributed by atoms with Crippen molar-refractivity contribution in [2.45, 2.75) is 57.3 Å². The highest BCUT2D eigenvalue weighted by Crippen LogP contribution is 2.36. The molecule has 0 saturated carbocycles. The summed E-state index contributed by atoms with van der Waals surface area (Å²) < 4.78 is 31.7. The van der Waals surface area contributed by atoms with E-state index in [1.54, 1.807) is 76.8 Å². The zero-order valence-electron chi connectivity index (χ0n) is 36.2. The first-order valence-electron chi connectivity index (χ1n) is 21.4. The maximum Gasteiger partial charge on any atom is 0.407 e. The van der Waals surface area contributed by atoms with Crippen molar-refractivity contribution in [3.63, 3.8) is 0 Å². The minimum absolute atomic E-state index is 0.135. The number of carbonyl (C=O) groups excluding carboxylic acids is 4. The number of unbranched alkanes of at least 4 members (excludes halogenated alkanes) is 1. The maximum atomic E-state index is 15.9. The van der Waals surface area contributed by atoms with Crippen LogP contribution in [0.25, 0.3) is 44.8 Å². The summed E-state index contributed by atoms with van der Waals surface area (Å²) in [6, 6.07) is 28.1. The summed E-state index contributed by atoms with van der Waals surface area (Å²) in [5.74, 6) is 0.403. The Labute approximate surface area is 374 Å². The van der Waals surface area contributed by atoms with Crippen LogP contribution in [0.2, 0.25) is 0 Å². The summed E-state index contributed by atoms with van der Waals surface area (Å²) in [5, 5.41) is 6.12. The van der Waals surface area contributed by atoms with Gasteiger partial charge < -0.3 is 44.3 Å². The predicted octanol–water partition coefficient (Wildman–Crippen LogP) is 9.01. The first-order chi connectivity index (χ1) is 31.6. The summed E-state index contributed by atoms with van der Waals surface area (Å²) in [4.78, 5) is 71.7. The van der Waals surface area contributed by atoms with E-state index in [2.05, 4.69) is 30.6 Å². The lowest BCUT2D eigenvalue weighted by Gasteiger charge is -2.28. The number of fused-ring (bicyclic) bond motifs is 1. The number of aromatic amines is 2. The SMILES string of the molecule is CCCCN(Cc1ncc(-c2ccc(-c3cc4cc(-c5cnc([C@@H]6CCCN6C(=O)C(NC(=O)OC)c6ccccc6)[nH]5)ccc4o3)c(F)c2)[nH]1)C(=O)[C@H](NC(=O)OC)c1ccccc1. The second kappa shape index (κ2) is 19.7. The molecule has 3 atom stereocenters. The van der Waals surface area contributed by atoms with Gasteiger partial charge in [0, 0.05) is 29.6 Å². The smallest absolute Gasteiger partial charge is 0.407 e. The van der Waals surface area contributed by atoms with Crippen LogP contribution in [-0.2, 0) is 25.6 Å². The Balaban J connectivity index is 0.967. The number of H-pyrrole nitrogens is 2. The number of rotatable bonds is 15. The minimum Gasteiger partial charge on any atom is -0.456 e. The first-order valence-corrected chi connectivity index (χ1v) is 21.4. The predicted molar refractivity (Wildman–Crippen MR) is 240 cm³/mol. The fraction of sp³-hybridized carbons (Fsp3) is 0.265. The van der Waals surface area contributed by atoms with Gasteiger partial charge in [-0.3, -0.25) is 9.59 Å². The molecule has 0 radical (unpaired) electrons. The Morgan fingerprint density at radius 1 is 0.831 bits per heavy atom. The lowest BCUT2D eigenvalue weighted by atomic mass is 10.1. The number of imidazole rings is 2. The number of likely N-dealkylation sites (tertiary alicyclic amines) is 1. The van der Waals surface area contributed by atoms with Gasteiger partial charge in [0.05, 0.1) is 56.2 Å². The number of hydrogen-bond donors (Lipinski definition) is 4. The van der Waals surface area contributed by atoms with Crippen molar-refractivity contribution in [2.75, 3.05) is 27.3 Å². The van der Waals surface area contributed by atoms with E-state index in [0.29, 0.717) is 64.9 Å². The van der Waals surface area contributed by atoms with Gasteiger partial charge in [0.2, 0.25) is 5.91 Å². The third-order valence-corrected chi connectivity index (χ3v) is 11.5. The lowest BCUT2D eigenvalue weighted by Crippen LogP contribution is -2.43. The van der Waals surface area contributed by atoms with Crippen LogP contribution in [0.3, 0.4) is 0 Å². The van der Waals surface area contributed by atoms with Crippen LogP contribution >= 0.6 is 0 Å². The molecule has 4 aromatic carbocycles. The van der Waals surface area contributed by atoms with Crippen molar-refractivity contribution < 1.29 is 37.5 Å². The molecule has 1 unspecified atom stereocenters. The van der Waals surface area contributed by atoms with Crippen molar-refractivity contribution in [3.05, 3.63) is 144 Å². The summed E-state index contributed by atoms with van der Waals surface area (Å²) in [6.45, 7) is 3.10. The number of halogens is 1. The van der Waals surface area contributed by atoms with Crippen LogP contribution in [0.15, 0.2) is 120 Å². The normalized spacial score (nSPS) is 14.5. The van der Waals surface area contributed by atoms with Gasteiger partial charge in [-0.1, -0.05) is 80.1 Å². The zero-order valence-corrected chi connectivity index (χ0v) is 36.2. The fourth-order valence-corrected chi connectivity index (χ4v) is 8.15. The highest BCUT2D eigenvalue weighted by molar-refractivity contribution is 5.89. The fourth-order valence-electron chi connectivity index (χ4n) is 8.15. The quantitative estimate of drug-likeness (QED) is 0.0779. The number of aromatic nitrogens is 4. The Kier molecular flexibility index (Phi) is 13.3. The van der Waals surface area contributed by atoms with E-state index < -0.39 is 30.1 Å². The van der Waals surface area contributed by atoms with Crippen LogP contribution in [-0.4, -0.2) is 81.0 Å². The van der Waals surface area contributed by atoms with E-state index >= 15 is 4.39 Å². The Hall–Kier alpha value is -7.75. The number of ether oxygens (including phenoxy) is 2. The molecule has 1 aliphatic rings. The summed E-state index contributed by atoms with van der Waals surface area (Å²) in [7, 11) is 2.51. The zero-order chi connectivity index (χ0) is 45.5. The number of carbonyl (C=O) groups is 4. The Morgan fingerprint density at radius 2 is 1.48 bits per heavy atom. The molecule has 3 aromatic heterocycles. The topological polar surface area (TPSA) is 188 Å². The monoisotopic (exact) mass is 880 g/mol. The number of nitrogens with zero attached hydrogens (tertiary/aromatic N) is 4. The molecule has 1 saturated heterocycles. The molecule has 1 fully saturated rings. The average molecular weight is 881 g/mol. The molecule has 4 heterocycles. The summed E-state index contributed by atoms with van der Waals surface area (Å²) in [6.07, 6.45) is 4.95. The van der Waals surface area contributed by atoms with Gasteiger partial charge >= 0.3 is 12.2 Å². The van der Waals surface area contributed by atoms with Gasteiger partial charge in [-0.15, -0.1) is 0 Å². The molecule has 0 aliphatic carbocycles. The first kappa shape index (κ1) is 43.9.